The normalized spacial score (nSPS) is 14.9. The van der Waals surface area contributed by atoms with Gasteiger partial charge in [-0.15, -0.1) is 0 Å². The second-order valence-corrected chi connectivity index (χ2v) is 8.45. The minimum absolute atomic E-state index is 0.0921. The lowest BCUT2D eigenvalue weighted by Gasteiger charge is -2.16. The molecule has 0 saturated carbocycles. The molecule has 1 aliphatic rings. The molecule has 9 nitrogen and oxygen atoms in total. The number of amides is 3. The van der Waals surface area contributed by atoms with E-state index in [4.69, 9.17) is 9.47 Å². The zero-order chi connectivity index (χ0) is 25.4. The van der Waals surface area contributed by atoms with Crippen molar-refractivity contribution in [3.63, 3.8) is 0 Å². The number of methoxy groups -OCH3 is 2. The van der Waals surface area contributed by atoms with Crippen LogP contribution in [-0.4, -0.2) is 64.8 Å². The molecule has 0 bridgehead atoms. The number of carbonyl (C=O) groups is 3. The van der Waals surface area contributed by atoms with Gasteiger partial charge in [-0.1, -0.05) is 38.8 Å². The van der Waals surface area contributed by atoms with Crippen molar-refractivity contribution in [3.8, 4) is 0 Å². The molecule has 0 atom stereocenters. The SMILES string of the molecule is CCCCc1ncc(/C=C2/C(=O)N(COC)C(=O)N2CCCC)n1Cc1ccc(C(=O)OC)cc1. The predicted octanol–water partition coefficient (Wildman–Crippen LogP) is 4.07. The standard InChI is InChI=1S/C26H34N4O5/c1-5-7-9-23-27-16-21(29(23)17-19-10-12-20(13-11-19)25(32)35-4)15-22-24(31)30(18-34-3)26(33)28(22)14-8-6-2/h10-13,15-16H,5-9,14,17-18H2,1-4H3/b22-15-. The van der Waals surface area contributed by atoms with E-state index in [1.54, 1.807) is 24.4 Å². The minimum atomic E-state index is -0.384. The summed E-state index contributed by atoms with van der Waals surface area (Å²) in [6, 6.07) is 6.86. The Morgan fingerprint density at radius 1 is 1.03 bits per heavy atom. The number of rotatable bonds is 12. The third-order valence-corrected chi connectivity index (χ3v) is 5.93. The largest absolute Gasteiger partial charge is 0.465 e. The summed E-state index contributed by atoms with van der Waals surface area (Å²) in [6.07, 6.45) is 7.98. The lowest BCUT2D eigenvalue weighted by atomic mass is 10.1. The van der Waals surface area contributed by atoms with Crippen molar-refractivity contribution >= 4 is 24.0 Å². The minimum Gasteiger partial charge on any atom is -0.465 e. The second kappa shape index (κ2) is 12.3. The quantitative estimate of drug-likeness (QED) is 0.257. The van der Waals surface area contributed by atoms with E-state index in [1.807, 2.05) is 19.1 Å². The number of ether oxygens (including phenoxy) is 2. The number of benzene rings is 1. The highest BCUT2D eigenvalue weighted by Crippen LogP contribution is 2.25. The number of aromatic nitrogens is 2. The number of aryl methyl sites for hydroxylation is 1. The molecule has 2 heterocycles. The first kappa shape index (κ1) is 26.2. The van der Waals surface area contributed by atoms with E-state index in [0.29, 0.717) is 24.4 Å². The summed E-state index contributed by atoms with van der Waals surface area (Å²) in [7, 11) is 2.81. The predicted molar refractivity (Wildman–Crippen MR) is 131 cm³/mol. The fourth-order valence-corrected chi connectivity index (χ4v) is 3.95. The first-order chi connectivity index (χ1) is 16.9. The highest BCUT2D eigenvalue weighted by atomic mass is 16.5. The van der Waals surface area contributed by atoms with Gasteiger partial charge in [0.25, 0.3) is 5.91 Å². The van der Waals surface area contributed by atoms with Crippen molar-refractivity contribution in [3.05, 3.63) is 58.8 Å². The van der Waals surface area contributed by atoms with Gasteiger partial charge in [0.15, 0.2) is 0 Å². The summed E-state index contributed by atoms with van der Waals surface area (Å²) in [5.41, 5.74) is 2.52. The summed E-state index contributed by atoms with van der Waals surface area (Å²) >= 11 is 0. The summed E-state index contributed by atoms with van der Waals surface area (Å²) in [4.78, 5) is 45.0. The highest BCUT2D eigenvalue weighted by molar-refractivity contribution is 6.13. The molecule has 1 aliphatic heterocycles. The Morgan fingerprint density at radius 2 is 1.74 bits per heavy atom. The van der Waals surface area contributed by atoms with Crippen LogP contribution in [0, 0.1) is 0 Å². The van der Waals surface area contributed by atoms with Crippen LogP contribution in [0.15, 0.2) is 36.2 Å². The number of nitrogens with zero attached hydrogens (tertiary/aromatic N) is 4. The first-order valence-corrected chi connectivity index (χ1v) is 12.0. The average molecular weight is 483 g/mol. The van der Waals surface area contributed by atoms with Gasteiger partial charge in [-0.3, -0.25) is 9.69 Å². The maximum atomic E-state index is 13.1. The topological polar surface area (TPSA) is 94.0 Å². The molecule has 0 spiro atoms. The smallest absolute Gasteiger partial charge is 0.337 e. The molecule has 0 N–H and O–H groups in total. The maximum absolute atomic E-state index is 13.1. The summed E-state index contributed by atoms with van der Waals surface area (Å²) in [5, 5.41) is 0. The van der Waals surface area contributed by atoms with E-state index in [9.17, 15) is 14.4 Å². The van der Waals surface area contributed by atoms with E-state index in [2.05, 4.69) is 16.5 Å². The maximum Gasteiger partial charge on any atom is 0.337 e. The molecular formula is C26H34N4O5. The number of hydrogen-bond acceptors (Lipinski definition) is 6. The molecule has 0 unspecified atom stereocenters. The van der Waals surface area contributed by atoms with Gasteiger partial charge in [0, 0.05) is 26.6 Å². The zero-order valence-electron chi connectivity index (χ0n) is 21.0. The van der Waals surface area contributed by atoms with Gasteiger partial charge in [-0.05, 0) is 36.6 Å². The van der Waals surface area contributed by atoms with Crippen molar-refractivity contribution in [2.45, 2.75) is 52.5 Å². The van der Waals surface area contributed by atoms with E-state index in [-0.39, 0.29) is 24.6 Å². The Hall–Kier alpha value is -3.46. The number of imidazole rings is 1. The lowest BCUT2D eigenvalue weighted by molar-refractivity contribution is -0.126. The molecule has 188 valence electrons. The molecule has 35 heavy (non-hydrogen) atoms. The molecule has 0 radical (unpaired) electrons. The van der Waals surface area contributed by atoms with Crippen LogP contribution in [0.25, 0.3) is 6.08 Å². The zero-order valence-corrected chi connectivity index (χ0v) is 21.0. The van der Waals surface area contributed by atoms with Crippen LogP contribution >= 0.6 is 0 Å². The molecule has 1 aromatic carbocycles. The highest BCUT2D eigenvalue weighted by Gasteiger charge is 2.40. The van der Waals surface area contributed by atoms with Gasteiger partial charge in [-0.25, -0.2) is 19.5 Å². The van der Waals surface area contributed by atoms with Crippen LogP contribution < -0.4 is 0 Å². The van der Waals surface area contributed by atoms with Gasteiger partial charge in [-0.2, -0.15) is 0 Å². The molecular weight excluding hydrogens is 448 g/mol. The summed E-state index contributed by atoms with van der Waals surface area (Å²) in [5.74, 6) is 0.144. The number of carbonyl (C=O) groups excluding carboxylic acids is 3. The van der Waals surface area contributed by atoms with Gasteiger partial charge in [0.05, 0.1) is 24.6 Å². The molecule has 3 rings (SSSR count). The molecule has 1 fully saturated rings. The van der Waals surface area contributed by atoms with Crippen LogP contribution in [0.4, 0.5) is 4.79 Å². The molecule has 1 aromatic heterocycles. The van der Waals surface area contributed by atoms with Gasteiger partial charge >= 0.3 is 12.0 Å². The van der Waals surface area contributed by atoms with Crippen molar-refractivity contribution in [2.24, 2.45) is 0 Å². The molecule has 2 aromatic rings. The second-order valence-electron chi connectivity index (χ2n) is 8.45. The number of esters is 1. The van der Waals surface area contributed by atoms with Crippen molar-refractivity contribution in [1.82, 2.24) is 19.4 Å². The Morgan fingerprint density at radius 3 is 2.37 bits per heavy atom. The van der Waals surface area contributed by atoms with Crippen LogP contribution in [0.2, 0.25) is 0 Å². The van der Waals surface area contributed by atoms with E-state index < -0.39 is 0 Å². The Balaban J connectivity index is 1.98. The number of imide groups is 1. The average Bonchev–Trinajstić information content (AvgIpc) is 3.34. The lowest BCUT2D eigenvalue weighted by Crippen LogP contribution is -2.34. The summed E-state index contributed by atoms with van der Waals surface area (Å²) < 4.78 is 11.9. The van der Waals surface area contributed by atoms with Crippen LogP contribution in [0.1, 0.15) is 67.0 Å². The van der Waals surface area contributed by atoms with Crippen LogP contribution in [-0.2, 0) is 27.2 Å². The molecule has 3 amide bonds. The third kappa shape index (κ3) is 5.97. The van der Waals surface area contributed by atoms with Gasteiger partial charge in [0.2, 0.25) is 0 Å². The summed E-state index contributed by atoms with van der Waals surface area (Å²) in [6.45, 7) is 5.04. The fourth-order valence-electron chi connectivity index (χ4n) is 3.95. The Labute approximate surface area is 206 Å². The van der Waals surface area contributed by atoms with Crippen LogP contribution in [0.3, 0.4) is 0 Å². The van der Waals surface area contributed by atoms with Crippen LogP contribution in [0.5, 0.6) is 0 Å². The van der Waals surface area contributed by atoms with E-state index in [0.717, 1.165) is 54.1 Å². The Kier molecular flexibility index (Phi) is 9.19. The van der Waals surface area contributed by atoms with E-state index >= 15 is 0 Å². The van der Waals surface area contributed by atoms with Gasteiger partial charge in [0.1, 0.15) is 18.3 Å². The fraction of sp³-hybridized carbons (Fsp3) is 0.462. The Bertz CT molecular complexity index is 1070. The molecule has 0 aliphatic carbocycles. The monoisotopic (exact) mass is 482 g/mol. The van der Waals surface area contributed by atoms with Gasteiger partial charge < -0.3 is 14.0 Å². The molecule has 1 saturated heterocycles. The number of unbranched alkanes of at least 4 members (excludes halogenated alkanes) is 2. The number of urea groups is 1. The van der Waals surface area contributed by atoms with Crippen molar-refractivity contribution in [1.29, 1.82) is 0 Å². The van der Waals surface area contributed by atoms with Crippen molar-refractivity contribution < 1.29 is 23.9 Å². The third-order valence-electron chi connectivity index (χ3n) is 5.93. The van der Waals surface area contributed by atoms with E-state index in [1.165, 1.54) is 19.1 Å². The molecule has 9 heteroatoms. The van der Waals surface area contributed by atoms with Crippen molar-refractivity contribution in [2.75, 3.05) is 27.5 Å². The number of hydrogen-bond donors (Lipinski definition) is 0. The first-order valence-electron chi connectivity index (χ1n) is 12.0.